The van der Waals surface area contributed by atoms with Crippen molar-refractivity contribution < 1.29 is 142 Å². The smallest absolute Gasteiger partial charge is 0 e. The molecule has 18 valence electrons. The third-order valence-electron chi connectivity index (χ3n) is 0. The minimum Gasteiger partial charge on any atom is 0 e. The number of hydrogen-bond donors (Lipinski definition) is 0. The molecule has 0 aliphatic carbocycles. The Bertz CT molecular complexity index is 3.61. The molecule has 0 aromatic carbocycles. The molecule has 0 bridgehead atoms. The van der Waals surface area contributed by atoms with Gasteiger partial charge in [0.1, 0.15) is 0 Å². The van der Waals surface area contributed by atoms with Crippen LogP contribution in [0.15, 0.2) is 0 Å². The fraction of sp³-hybridized carbons (Fsp3) is 0. The molecule has 0 spiro atoms. The van der Waals surface area contributed by atoms with Crippen molar-refractivity contribution in [1.29, 1.82) is 0 Å². The molecule has 0 aromatic heterocycles. The summed E-state index contributed by atoms with van der Waals surface area (Å²) in [7, 11) is 0. The van der Waals surface area contributed by atoms with Crippen molar-refractivity contribution in [2.75, 3.05) is 0 Å². The Hall–Kier alpha value is 5.42. The first-order valence-electron chi connectivity index (χ1n) is 0. The minimum absolute atomic E-state index is 0. The zero-order chi connectivity index (χ0) is 0. The maximum Gasteiger partial charge on any atom is 0 e. The number of hydrogen-bond acceptors (Lipinski definition) is 0. The largest absolute Gasteiger partial charge is 0 e. The van der Waals surface area contributed by atoms with Crippen LogP contribution in [0.25, 0.3) is 0 Å². The van der Waals surface area contributed by atoms with E-state index in [2.05, 4.69) is 0 Å². The van der Waals surface area contributed by atoms with Crippen LogP contribution >= 0.6 is 0 Å². The average Bonchev–Trinajstić information content (AvgIpc) is 0. The van der Waals surface area contributed by atoms with E-state index in [0.717, 1.165) is 0 Å². The predicted molar refractivity (Wildman–Crippen MR) is 9.94 cm³/mol. The van der Waals surface area contributed by atoms with Crippen LogP contribution in [-0.2, 0) is 0 Å². The van der Waals surface area contributed by atoms with Crippen LogP contribution in [0.3, 0.4) is 0 Å². The first-order valence-corrected chi connectivity index (χ1v) is 0. The first-order chi connectivity index (χ1) is 0. The average molecular weight is 628 g/mol. The summed E-state index contributed by atoms with van der Waals surface area (Å²) >= 11 is 0. The van der Waals surface area contributed by atoms with Crippen LogP contribution < -0.4 is 0 Å². The van der Waals surface area contributed by atoms with E-state index in [-0.39, 0.29) is 162 Å². The maximum absolute atomic E-state index is 0. The number of rotatable bonds is 0. The normalized spacial score (nSPS) is 0. The van der Waals surface area contributed by atoms with Gasteiger partial charge in [-0.1, -0.05) is 0 Å². The van der Waals surface area contributed by atoms with Gasteiger partial charge in [0.25, 0.3) is 0 Å². The van der Waals surface area contributed by atoms with Gasteiger partial charge in [-0.2, -0.15) is 0 Å². The van der Waals surface area contributed by atoms with Crippen LogP contribution in [0.4, 0.5) is 0 Å². The van der Waals surface area contributed by atoms with E-state index < -0.39 is 0 Å². The van der Waals surface area contributed by atoms with Gasteiger partial charge >= 0.3 is 19.8 Å². The molecule has 0 aliphatic rings. The SMILES string of the molecule is [GaH3].[La].[La].[La].[La]. The molecule has 5 heavy (non-hydrogen) atoms. The molecule has 0 amide bonds. The van der Waals surface area contributed by atoms with Gasteiger partial charge < -0.3 is 0 Å². The summed E-state index contributed by atoms with van der Waals surface area (Å²) in [4.78, 5) is 0. The summed E-state index contributed by atoms with van der Waals surface area (Å²) in [5.74, 6) is 0. The third-order valence-corrected chi connectivity index (χ3v) is 0. The van der Waals surface area contributed by atoms with Gasteiger partial charge in [-0.3, -0.25) is 0 Å². The zero-order valence-electron chi connectivity index (χ0n) is 2.31. The summed E-state index contributed by atoms with van der Waals surface area (Å²) in [6.45, 7) is 0. The van der Waals surface area contributed by atoms with Gasteiger partial charge in [0, 0.05) is 142 Å². The van der Waals surface area contributed by atoms with Crippen molar-refractivity contribution in [2.45, 2.75) is 0 Å². The van der Waals surface area contributed by atoms with Crippen LogP contribution in [0.5, 0.6) is 0 Å². The summed E-state index contributed by atoms with van der Waals surface area (Å²) in [5.41, 5.74) is 0. The molecule has 0 nitrogen and oxygen atoms in total. The molecule has 5 heteroatoms. The van der Waals surface area contributed by atoms with E-state index in [1.807, 2.05) is 0 Å². The molecule has 0 rings (SSSR count). The predicted octanol–water partition coefficient (Wildman–Crippen LogP) is -1.18. The molecule has 0 aromatic rings. The van der Waals surface area contributed by atoms with Gasteiger partial charge in [0.05, 0.1) is 0 Å². The van der Waals surface area contributed by atoms with Crippen LogP contribution in [-0.4, -0.2) is 19.8 Å². The Labute approximate surface area is 157 Å². The second-order valence-electron chi connectivity index (χ2n) is 0. The summed E-state index contributed by atoms with van der Waals surface area (Å²) in [6.07, 6.45) is 0. The van der Waals surface area contributed by atoms with Gasteiger partial charge in [0.15, 0.2) is 0 Å². The molecule has 0 aliphatic heterocycles. The Morgan fingerprint density at radius 2 is 0.400 bits per heavy atom. The van der Waals surface area contributed by atoms with Crippen molar-refractivity contribution in [1.82, 2.24) is 0 Å². The maximum atomic E-state index is 0. The second-order valence-corrected chi connectivity index (χ2v) is 0. The van der Waals surface area contributed by atoms with E-state index in [0.29, 0.717) is 0 Å². The summed E-state index contributed by atoms with van der Waals surface area (Å²) in [6, 6.07) is 0. The van der Waals surface area contributed by atoms with Crippen molar-refractivity contribution in [3.8, 4) is 0 Å². The van der Waals surface area contributed by atoms with E-state index in [9.17, 15) is 0 Å². The molecular formula is H3GaLa4. The second kappa shape index (κ2) is 22.7. The van der Waals surface area contributed by atoms with E-state index in [1.54, 1.807) is 0 Å². The molecule has 0 unspecified atom stereocenters. The van der Waals surface area contributed by atoms with E-state index >= 15 is 0 Å². The molecule has 4 radical (unpaired) electrons. The van der Waals surface area contributed by atoms with Crippen LogP contribution in [0.2, 0.25) is 0 Å². The Morgan fingerprint density at radius 3 is 0.400 bits per heavy atom. The van der Waals surface area contributed by atoms with Gasteiger partial charge in [-0.05, 0) is 0 Å². The minimum atomic E-state index is 0. The zero-order valence-corrected chi connectivity index (χ0v) is 16.8. The standard InChI is InChI=1S/Ga.4La.3H. The third kappa shape index (κ3) is 17.7. The molecular weight excluding hydrogens is 625 g/mol. The Morgan fingerprint density at radius 1 is 0.400 bits per heavy atom. The Balaban J connectivity index is 0. The molecule has 0 heterocycles. The van der Waals surface area contributed by atoms with Crippen molar-refractivity contribution in [3.63, 3.8) is 0 Å². The molecule has 0 fully saturated rings. The monoisotopic (exact) mass is 628 g/mol. The molecule has 0 saturated heterocycles. The quantitative estimate of drug-likeness (QED) is 0.297. The fourth-order valence-electron chi connectivity index (χ4n) is 0. The van der Waals surface area contributed by atoms with Crippen molar-refractivity contribution in [3.05, 3.63) is 0 Å². The first kappa shape index (κ1) is 31.5. The van der Waals surface area contributed by atoms with Crippen molar-refractivity contribution >= 4 is 19.8 Å². The molecule has 0 atom stereocenters. The molecule has 0 N–H and O–H groups in total. The van der Waals surface area contributed by atoms with Crippen LogP contribution in [0.1, 0.15) is 0 Å². The van der Waals surface area contributed by atoms with Crippen LogP contribution in [0, 0.1) is 142 Å². The Kier molecular flexibility index (Phi) is 143. The van der Waals surface area contributed by atoms with E-state index in [4.69, 9.17) is 0 Å². The van der Waals surface area contributed by atoms with Gasteiger partial charge in [0.2, 0.25) is 0 Å². The van der Waals surface area contributed by atoms with Gasteiger partial charge in [-0.25, -0.2) is 0 Å². The summed E-state index contributed by atoms with van der Waals surface area (Å²) in [5, 5.41) is 0. The van der Waals surface area contributed by atoms with Gasteiger partial charge in [-0.15, -0.1) is 0 Å². The van der Waals surface area contributed by atoms with Crippen molar-refractivity contribution in [2.24, 2.45) is 0 Å². The fourth-order valence-corrected chi connectivity index (χ4v) is 0. The topological polar surface area (TPSA) is 0 Å². The molecule has 0 saturated carbocycles. The summed E-state index contributed by atoms with van der Waals surface area (Å²) < 4.78 is 0. The van der Waals surface area contributed by atoms with E-state index in [1.165, 1.54) is 0 Å².